The Bertz CT molecular complexity index is 738. The molecule has 0 spiro atoms. The molecule has 3 heterocycles. The van der Waals surface area contributed by atoms with Crippen LogP contribution in [-0.4, -0.2) is 28.4 Å². The number of aryl methyl sites for hydroxylation is 1. The summed E-state index contributed by atoms with van der Waals surface area (Å²) in [7, 11) is 0. The van der Waals surface area contributed by atoms with E-state index in [0.717, 1.165) is 30.9 Å². The third kappa shape index (κ3) is 2.53. The predicted octanol–water partition coefficient (Wildman–Crippen LogP) is 2.04. The number of fused-ring (bicyclic) bond motifs is 2. The molecule has 0 unspecified atom stereocenters. The van der Waals surface area contributed by atoms with Gasteiger partial charge in [-0.25, -0.2) is 4.98 Å². The fraction of sp³-hybridized carbons (Fsp3) is 0.556. The van der Waals surface area contributed by atoms with Crippen molar-refractivity contribution in [3.63, 3.8) is 0 Å². The third-order valence-electron chi connectivity index (χ3n) is 5.59. The highest BCUT2D eigenvalue weighted by Crippen LogP contribution is 2.43. The monoisotopic (exact) mass is 312 g/mol. The number of rotatable bonds is 3. The molecule has 0 radical (unpaired) electrons. The van der Waals surface area contributed by atoms with E-state index in [4.69, 9.17) is 0 Å². The zero-order chi connectivity index (χ0) is 15.9. The van der Waals surface area contributed by atoms with Gasteiger partial charge < -0.3 is 15.0 Å². The topological polar surface area (TPSA) is 58.4 Å². The molecule has 23 heavy (non-hydrogen) atoms. The number of nitrogens with zero attached hydrogens (tertiary/aromatic N) is 2. The van der Waals surface area contributed by atoms with Gasteiger partial charge in [0.2, 0.25) is 5.91 Å². The lowest BCUT2D eigenvalue weighted by Crippen LogP contribution is -2.47. The van der Waals surface area contributed by atoms with Crippen LogP contribution in [0.4, 0.5) is 0 Å². The van der Waals surface area contributed by atoms with E-state index in [1.165, 1.54) is 24.8 Å². The molecule has 4 rings (SSSR count). The zero-order valence-electron chi connectivity index (χ0n) is 13.6. The molecule has 0 aromatic carbocycles. The Morgan fingerprint density at radius 1 is 1.52 bits per heavy atom. The van der Waals surface area contributed by atoms with Crippen LogP contribution in [0.2, 0.25) is 0 Å². The molecule has 2 N–H and O–H groups in total. The lowest BCUT2D eigenvalue weighted by atomic mass is 9.67. The van der Waals surface area contributed by atoms with Crippen LogP contribution in [0.25, 0.3) is 5.65 Å². The molecule has 1 saturated carbocycles. The summed E-state index contributed by atoms with van der Waals surface area (Å²) < 4.78 is 2.01. The van der Waals surface area contributed by atoms with Crippen molar-refractivity contribution in [1.29, 1.82) is 0 Å². The van der Waals surface area contributed by atoms with E-state index in [2.05, 4.69) is 34.7 Å². The van der Waals surface area contributed by atoms with Crippen LogP contribution >= 0.6 is 0 Å². The molecule has 2 atom stereocenters. The van der Waals surface area contributed by atoms with Crippen molar-refractivity contribution in [3.05, 3.63) is 35.8 Å². The van der Waals surface area contributed by atoms with E-state index in [1.54, 1.807) is 0 Å². The Labute approximate surface area is 136 Å². The van der Waals surface area contributed by atoms with Gasteiger partial charge in [0.15, 0.2) is 0 Å². The second-order valence-corrected chi connectivity index (χ2v) is 7.11. The molecule has 2 fully saturated rings. The fourth-order valence-corrected chi connectivity index (χ4v) is 4.26. The van der Waals surface area contributed by atoms with Gasteiger partial charge in [-0.15, -0.1) is 0 Å². The normalized spacial score (nSPS) is 27.1. The van der Waals surface area contributed by atoms with Gasteiger partial charge in [0.25, 0.3) is 0 Å². The number of carbonyl (C=O) groups excluding carboxylic acids is 1. The summed E-state index contributed by atoms with van der Waals surface area (Å²) in [6.07, 6.45) is 8.62. The van der Waals surface area contributed by atoms with Crippen LogP contribution < -0.4 is 10.6 Å². The van der Waals surface area contributed by atoms with Crippen LogP contribution in [0.3, 0.4) is 0 Å². The number of hydrogen-bond donors (Lipinski definition) is 2. The number of amides is 1. The second-order valence-electron chi connectivity index (χ2n) is 7.11. The summed E-state index contributed by atoms with van der Waals surface area (Å²) in [5, 5.41) is 6.58. The highest BCUT2D eigenvalue weighted by Gasteiger charge is 2.49. The van der Waals surface area contributed by atoms with Crippen molar-refractivity contribution >= 4 is 11.6 Å². The number of hydrogen-bond acceptors (Lipinski definition) is 3. The minimum absolute atomic E-state index is 0.187. The molecule has 2 aliphatic rings. The lowest BCUT2D eigenvalue weighted by molar-refractivity contribution is -0.134. The molecule has 5 nitrogen and oxygen atoms in total. The van der Waals surface area contributed by atoms with Crippen LogP contribution in [0.1, 0.15) is 36.9 Å². The van der Waals surface area contributed by atoms with E-state index in [1.807, 2.05) is 16.8 Å². The van der Waals surface area contributed by atoms with Gasteiger partial charge in [-0.05, 0) is 49.9 Å². The molecule has 122 valence electrons. The van der Waals surface area contributed by atoms with Crippen LogP contribution in [0.15, 0.2) is 24.5 Å². The molecule has 2 aromatic rings. The maximum absolute atomic E-state index is 12.9. The number of imidazole rings is 1. The second kappa shape index (κ2) is 5.64. The smallest absolute Gasteiger partial charge is 0.228 e. The largest absolute Gasteiger partial charge is 0.350 e. The average Bonchev–Trinajstić information content (AvgIpc) is 3.16. The van der Waals surface area contributed by atoms with Crippen LogP contribution in [0.5, 0.6) is 0 Å². The van der Waals surface area contributed by atoms with Crippen molar-refractivity contribution in [2.75, 3.05) is 13.1 Å². The molecule has 1 amide bonds. The molecular formula is C18H24N4O. The first kappa shape index (κ1) is 14.7. The van der Waals surface area contributed by atoms with Crippen molar-refractivity contribution < 1.29 is 4.79 Å². The van der Waals surface area contributed by atoms with Gasteiger partial charge in [0, 0.05) is 18.9 Å². The maximum atomic E-state index is 12.9. The molecule has 1 aliphatic heterocycles. The van der Waals surface area contributed by atoms with Gasteiger partial charge in [0.1, 0.15) is 5.65 Å². The molecule has 0 bridgehead atoms. The highest BCUT2D eigenvalue weighted by molar-refractivity contribution is 5.83. The SMILES string of the molecule is Cc1ccn2cc(CNC(=O)[C@@]34CCCC[C@H]3CNC4)nc2c1. The summed E-state index contributed by atoms with van der Waals surface area (Å²) in [4.78, 5) is 17.5. The van der Waals surface area contributed by atoms with Crippen molar-refractivity contribution in [1.82, 2.24) is 20.0 Å². The van der Waals surface area contributed by atoms with Crippen molar-refractivity contribution in [2.24, 2.45) is 11.3 Å². The van der Waals surface area contributed by atoms with Crippen molar-refractivity contribution in [3.8, 4) is 0 Å². The van der Waals surface area contributed by atoms with Gasteiger partial charge in [-0.1, -0.05) is 12.8 Å². The minimum Gasteiger partial charge on any atom is -0.350 e. The van der Waals surface area contributed by atoms with Gasteiger partial charge in [-0.3, -0.25) is 4.79 Å². The molecule has 5 heteroatoms. The summed E-state index contributed by atoms with van der Waals surface area (Å²) in [5.74, 6) is 0.709. The Kier molecular flexibility index (Phi) is 3.60. The Morgan fingerprint density at radius 2 is 2.43 bits per heavy atom. The summed E-state index contributed by atoms with van der Waals surface area (Å²) >= 11 is 0. The van der Waals surface area contributed by atoms with Gasteiger partial charge >= 0.3 is 0 Å². The van der Waals surface area contributed by atoms with E-state index in [0.29, 0.717) is 12.5 Å². The van der Waals surface area contributed by atoms with Crippen molar-refractivity contribution in [2.45, 2.75) is 39.2 Å². The summed E-state index contributed by atoms with van der Waals surface area (Å²) in [6, 6.07) is 4.12. The predicted molar refractivity (Wildman–Crippen MR) is 89.0 cm³/mol. The number of nitrogens with one attached hydrogen (secondary N) is 2. The summed E-state index contributed by atoms with van der Waals surface area (Å²) in [5.41, 5.74) is 2.86. The number of aromatic nitrogens is 2. The fourth-order valence-electron chi connectivity index (χ4n) is 4.26. The Balaban J connectivity index is 1.48. The Hall–Kier alpha value is -1.88. The summed E-state index contributed by atoms with van der Waals surface area (Å²) in [6.45, 7) is 4.38. The van der Waals surface area contributed by atoms with E-state index < -0.39 is 0 Å². The maximum Gasteiger partial charge on any atom is 0.228 e. The van der Waals surface area contributed by atoms with Crippen LogP contribution in [0, 0.1) is 18.3 Å². The van der Waals surface area contributed by atoms with Gasteiger partial charge in [0.05, 0.1) is 17.7 Å². The van der Waals surface area contributed by atoms with Crippen LogP contribution in [-0.2, 0) is 11.3 Å². The number of carbonyl (C=O) groups is 1. The molecule has 2 aromatic heterocycles. The average molecular weight is 312 g/mol. The number of pyridine rings is 1. The first-order valence-electron chi connectivity index (χ1n) is 8.61. The van der Waals surface area contributed by atoms with E-state index >= 15 is 0 Å². The molecule has 1 aliphatic carbocycles. The first-order chi connectivity index (χ1) is 11.2. The minimum atomic E-state index is -0.187. The molecule has 1 saturated heterocycles. The quantitative estimate of drug-likeness (QED) is 0.912. The zero-order valence-corrected chi connectivity index (χ0v) is 13.6. The van der Waals surface area contributed by atoms with Gasteiger partial charge in [-0.2, -0.15) is 0 Å². The third-order valence-corrected chi connectivity index (χ3v) is 5.59. The van der Waals surface area contributed by atoms with E-state index in [-0.39, 0.29) is 11.3 Å². The lowest BCUT2D eigenvalue weighted by Gasteiger charge is -2.37. The highest BCUT2D eigenvalue weighted by atomic mass is 16.2. The van der Waals surface area contributed by atoms with E-state index in [9.17, 15) is 4.79 Å². The first-order valence-corrected chi connectivity index (χ1v) is 8.61. The molecular weight excluding hydrogens is 288 g/mol. The standard InChI is InChI=1S/C18H24N4O/c1-13-5-7-22-11-15(21-16(22)8-13)10-20-17(23)18-6-3-2-4-14(18)9-19-12-18/h5,7-8,11,14,19H,2-4,6,9-10,12H2,1H3,(H,20,23)/t14-,18+/m0/s1. The Morgan fingerprint density at radius 3 is 3.35 bits per heavy atom.